The van der Waals surface area contributed by atoms with Gasteiger partial charge in [-0.25, -0.2) is 4.79 Å². The molecule has 1 aromatic carbocycles. The number of nitrogens with one attached hydrogen (secondary N) is 5. The van der Waals surface area contributed by atoms with Crippen LogP contribution in [0.5, 0.6) is 0 Å². The monoisotopic (exact) mass is 729 g/mol. The number of carbonyl (C=O) groups is 7. The minimum atomic E-state index is -1.30. The molecule has 0 saturated carbocycles. The zero-order valence-corrected chi connectivity index (χ0v) is 29.7. The Bertz CT molecular complexity index is 1260. The van der Waals surface area contributed by atoms with Crippen molar-refractivity contribution in [3.8, 4) is 0 Å². The zero-order chi connectivity index (χ0) is 36.4. The lowest BCUT2D eigenvalue weighted by Gasteiger charge is -2.28. The molecule has 0 unspecified atom stereocenters. The van der Waals surface area contributed by atoms with Crippen LogP contribution >= 0.6 is 37.0 Å². The number of aliphatic carboxylic acids is 1. The van der Waals surface area contributed by atoms with Crippen molar-refractivity contribution in [3.63, 3.8) is 0 Å². The number of hydrogen-bond donors (Lipinski definition) is 10. The first kappa shape index (κ1) is 42.5. The van der Waals surface area contributed by atoms with E-state index in [0.717, 1.165) is 0 Å². The molecule has 0 aliphatic carbocycles. The van der Waals surface area contributed by atoms with E-state index < -0.39 is 83.6 Å². The van der Waals surface area contributed by atoms with Crippen LogP contribution in [0.4, 0.5) is 0 Å². The normalized spacial score (nSPS) is 14.7. The molecule has 1 rings (SSSR count). The van der Waals surface area contributed by atoms with Gasteiger partial charge in [-0.1, -0.05) is 44.2 Å². The number of primary amides is 1. The van der Waals surface area contributed by atoms with E-state index in [1.165, 1.54) is 11.8 Å². The summed E-state index contributed by atoms with van der Waals surface area (Å²) in [7, 11) is 0. The molecule has 0 radical (unpaired) electrons. The lowest BCUT2D eigenvalue weighted by atomic mass is 10.0. The molecule has 6 amide bonds. The first-order valence-corrected chi connectivity index (χ1v) is 17.8. The third kappa shape index (κ3) is 15.2. The quantitative estimate of drug-likeness (QED) is 0.0625. The molecule has 268 valence electrons. The molecular weight excluding hydrogens is 683 g/mol. The highest BCUT2D eigenvalue weighted by Crippen LogP contribution is 2.09. The fourth-order valence-electron chi connectivity index (χ4n) is 4.25. The molecule has 0 fully saturated rings. The Morgan fingerprint density at radius 3 is 1.79 bits per heavy atom. The average Bonchev–Trinajstić information content (AvgIpc) is 3.04. The van der Waals surface area contributed by atoms with Crippen molar-refractivity contribution in [1.29, 1.82) is 0 Å². The molecule has 10 N–H and O–H groups in total. The van der Waals surface area contributed by atoms with E-state index in [1.807, 2.05) is 6.26 Å². The van der Waals surface area contributed by atoms with Gasteiger partial charge in [-0.3, -0.25) is 28.8 Å². The number of carboxylic acid groups (broad SMARTS) is 1. The lowest BCUT2D eigenvalue weighted by Crippen LogP contribution is -2.60. The van der Waals surface area contributed by atoms with Crippen molar-refractivity contribution in [2.45, 2.75) is 75.8 Å². The summed E-state index contributed by atoms with van der Waals surface area (Å²) in [6.07, 6.45) is 1.87. The van der Waals surface area contributed by atoms with Crippen LogP contribution in [-0.4, -0.2) is 106 Å². The van der Waals surface area contributed by atoms with Gasteiger partial charge in [0, 0.05) is 24.3 Å². The second kappa shape index (κ2) is 22.2. The van der Waals surface area contributed by atoms with Gasteiger partial charge in [-0.15, -0.1) is 0 Å². The van der Waals surface area contributed by atoms with E-state index in [1.54, 1.807) is 44.2 Å². The molecule has 0 aliphatic rings. The maximum atomic E-state index is 13.6. The van der Waals surface area contributed by atoms with E-state index in [2.05, 4.69) is 51.8 Å². The average molecular weight is 730 g/mol. The first-order chi connectivity index (χ1) is 22.6. The summed E-state index contributed by atoms with van der Waals surface area (Å²) in [4.78, 5) is 88.4. The number of carboxylic acids is 1. The minimum absolute atomic E-state index is 0.0260. The SMILES string of the molecule is CSCC[C@H](NC(=O)[C@@H](NC(=O)[C@H](CS)NC(=O)[C@@H](N)CCC(N)=O)C(C)C)C(=O)N[C@@H](Cc1ccccc1)C(=O)N[C@@H](CS)C(=O)O. The fourth-order valence-corrected chi connectivity index (χ4v) is 5.22. The van der Waals surface area contributed by atoms with Gasteiger partial charge in [0.15, 0.2) is 0 Å². The van der Waals surface area contributed by atoms with E-state index in [9.17, 15) is 38.7 Å². The molecule has 0 bridgehead atoms. The smallest absolute Gasteiger partial charge is 0.327 e. The highest BCUT2D eigenvalue weighted by molar-refractivity contribution is 7.98. The number of amides is 6. The second-order valence-electron chi connectivity index (χ2n) is 11.3. The minimum Gasteiger partial charge on any atom is -0.480 e. The Morgan fingerprint density at radius 1 is 0.750 bits per heavy atom. The van der Waals surface area contributed by atoms with Gasteiger partial charge in [-0.2, -0.15) is 37.0 Å². The zero-order valence-electron chi connectivity index (χ0n) is 27.1. The Kier molecular flexibility index (Phi) is 19.7. The van der Waals surface area contributed by atoms with Crippen molar-refractivity contribution in [2.24, 2.45) is 17.4 Å². The third-order valence-electron chi connectivity index (χ3n) is 7.06. The maximum absolute atomic E-state index is 13.6. The molecule has 0 saturated heterocycles. The van der Waals surface area contributed by atoms with Gasteiger partial charge in [-0.05, 0) is 36.3 Å². The predicted molar refractivity (Wildman–Crippen MR) is 189 cm³/mol. The van der Waals surface area contributed by atoms with Crippen LogP contribution in [0, 0.1) is 5.92 Å². The first-order valence-electron chi connectivity index (χ1n) is 15.2. The highest BCUT2D eigenvalue weighted by Gasteiger charge is 2.33. The highest BCUT2D eigenvalue weighted by atomic mass is 32.2. The number of nitrogens with two attached hydrogens (primary N) is 2. The topological polar surface area (TPSA) is 252 Å². The summed E-state index contributed by atoms with van der Waals surface area (Å²) in [6.45, 7) is 3.35. The summed E-state index contributed by atoms with van der Waals surface area (Å²) in [5.41, 5.74) is 11.6. The van der Waals surface area contributed by atoms with Crippen LogP contribution in [0.1, 0.15) is 38.7 Å². The Balaban J connectivity index is 3.14. The van der Waals surface area contributed by atoms with Crippen molar-refractivity contribution >= 4 is 78.4 Å². The molecular formula is C30H47N7O8S3. The second-order valence-corrected chi connectivity index (χ2v) is 13.0. The van der Waals surface area contributed by atoms with Crippen LogP contribution in [0.15, 0.2) is 30.3 Å². The van der Waals surface area contributed by atoms with E-state index >= 15 is 0 Å². The largest absolute Gasteiger partial charge is 0.480 e. The van der Waals surface area contributed by atoms with Crippen molar-refractivity contribution in [3.05, 3.63) is 35.9 Å². The molecule has 0 aliphatic heterocycles. The van der Waals surface area contributed by atoms with E-state index in [4.69, 9.17) is 11.5 Å². The van der Waals surface area contributed by atoms with Crippen LogP contribution < -0.4 is 38.1 Å². The van der Waals surface area contributed by atoms with Crippen molar-refractivity contribution < 1.29 is 38.7 Å². The summed E-state index contributed by atoms with van der Waals surface area (Å²) < 4.78 is 0. The number of benzene rings is 1. The van der Waals surface area contributed by atoms with Gasteiger partial charge < -0.3 is 43.2 Å². The summed E-state index contributed by atoms with van der Waals surface area (Å²) in [5, 5.41) is 22.2. The molecule has 48 heavy (non-hydrogen) atoms. The van der Waals surface area contributed by atoms with Crippen LogP contribution in [0.3, 0.4) is 0 Å². The third-order valence-corrected chi connectivity index (χ3v) is 8.43. The van der Waals surface area contributed by atoms with Gasteiger partial charge in [0.1, 0.15) is 30.2 Å². The van der Waals surface area contributed by atoms with Crippen molar-refractivity contribution in [1.82, 2.24) is 26.6 Å². The number of thiol groups is 2. The van der Waals surface area contributed by atoms with E-state index in [0.29, 0.717) is 11.3 Å². The summed E-state index contributed by atoms with van der Waals surface area (Å²) in [5.74, 6) is -5.79. The molecule has 6 atom stereocenters. The Hall–Kier alpha value is -3.48. The fraction of sp³-hybridized carbons (Fsp3) is 0.567. The molecule has 18 heteroatoms. The van der Waals surface area contributed by atoms with Crippen LogP contribution in [0.25, 0.3) is 0 Å². The van der Waals surface area contributed by atoms with Crippen LogP contribution in [0.2, 0.25) is 0 Å². The predicted octanol–water partition coefficient (Wildman–Crippen LogP) is -1.40. The maximum Gasteiger partial charge on any atom is 0.327 e. The number of thioether (sulfide) groups is 1. The molecule has 0 spiro atoms. The number of rotatable bonds is 22. The Labute approximate surface area is 295 Å². The van der Waals surface area contributed by atoms with Gasteiger partial charge in [0.2, 0.25) is 35.4 Å². The lowest BCUT2D eigenvalue weighted by molar-refractivity contribution is -0.141. The number of carbonyl (C=O) groups excluding carboxylic acids is 6. The molecule has 1 aromatic rings. The van der Waals surface area contributed by atoms with Gasteiger partial charge in [0.05, 0.1) is 6.04 Å². The molecule has 0 heterocycles. The standard InChI is InChI=1S/C30H47N7O8S3/c1-16(2)24(37-28(42)21(14-46)35-25(39)18(31)9-10-23(32)38)29(43)33-19(11-12-48-3)26(40)34-20(13-17-7-5-4-6-8-17)27(41)36-22(15-47)30(44)45/h4-8,16,18-22,24,46-47H,9-15,31H2,1-3H3,(H2,32,38)(H,33,43)(H,34,40)(H,35,39)(H,36,41)(H,37,42)(H,44,45)/t18-,19-,20-,21-,22-,24-/m0/s1. The summed E-state index contributed by atoms with van der Waals surface area (Å²) in [6, 6.07) is 1.76. The van der Waals surface area contributed by atoms with Crippen LogP contribution in [-0.2, 0) is 40.0 Å². The Morgan fingerprint density at radius 2 is 1.27 bits per heavy atom. The molecule has 0 aromatic heterocycles. The molecule has 15 nitrogen and oxygen atoms in total. The van der Waals surface area contributed by atoms with Gasteiger partial charge >= 0.3 is 5.97 Å². The van der Waals surface area contributed by atoms with Crippen molar-refractivity contribution in [2.75, 3.05) is 23.5 Å². The number of hydrogen-bond acceptors (Lipinski definition) is 11. The van der Waals surface area contributed by atoms with E-state index in [-0.39, 0.29) is 37.2 Å². The summed E-state index contributed by atoms with van der Waals surface area (Å²) >= 11 is 9.54. The van der Waals surface area contributed by atoms with Gasteiger partial charge in [0.25, 0.3) is 0 Å².